The van der Waals surface area contributed by atoms with Crippen LogP contribution in [-0.4, -0.2) is 41.2 Å². The van der Waals surface area contributed by atoms with Crippen molar-refractivity contribution < 1.29 is 28.0 Å². The van der Waals surface area contributed by atoms with Gasteiger partial charge in [-0.05, 0) is 6.07 Å². The van der Waals surface area contributed by atoms with Crippen LogP contribution in [0.1, 0.15) is 10.4 Å². The summed E-state index contributed by atoms with van der Waals surface area (Å²) < 4.78 is 24.0. The summed E-state index contributed by atoms with van der Waals surface area (Å²) in [5.41, 5.74) is -0.765. The Balaban J connectivity index is 2.61. The molecule has 9 nitrogen and oxygen atoms in total. The van der Waals surface area contributed by atoms with E-state index in [0.29, 0.717) is 0 Å². The molecular formula is C9H6N2O7S. The number of sulfonamides is 1. The third-order valence-corrected chi connectivity index (χ3v) is 4.25. The summed E-state index contributed by atoms with van der Waals surface area (Å²) >= 11 is 0. The van der Waals surface area contributed by atoms with Gasteiger partial charge >= 0.3 is 5.97 Å². The Morgan fingerprint density at radius 1 is 1.42 bits per heavy atom. The van der Waals surface area contributed by atoms with Gasteiger partial charge in [0.2, 0.25) is 0 Å². The fourth-order valence-electron chi connectivity index (χ4n) is 1.66. The number of aliphatic carboxylic acids is 1. The van der Waals surface area contributed by atoms with Crippen LogP contribution in [0.3, 0.4) is 0 Å². The van der Waals surface area contributed by atoms with Crippen LogP contribution in [0.5, 0.6) is 0 Å². The lowest BCUT2D eigenvalue weighted by Crippen LogP contribution is -2.34. The first-order valence-electron chi connectivity index (χ1n) is 4.82. The van der Waals surface area contributed by atoms with Crippen LogP contribution in [0.15, 0.2) is 23.1 Å². The standard InChI is InChI=1S/C9H6N2O7S/c12-8(13)4-10-9(14)6-2-1-5(11(15)16)3-7(6)19(10,17)18/h1-3H,4H2,(H,12,13). The second-order valence-electron chi connectivity index (χ2n) is 3.65. The number of carbonyl (C=O) groups excluding carboxylic acids is 1. The van der Waals surface area contributed by atoms with E-state index in [4.69, 9.17) is 5.11 Å². The van der Waals surface area contributed by atoms with Gasteiger partial charge in [-0.2, -0.15) is 0 Å². The van der Waals surface area contributed by atoms with Crippen molar-refractivity contribution in [3.05, 3.63) is 33.9 Å². The number of hydrogen-bond acceptors (Lipinski definition) is 6. The Bertz CT molecular complexity index is 709. The summed E-state index contributed by atoms with van der Waals surface area (Å²) in [7, 11) is -4.35. The first-order valence-corrected chi connectivity index (χ1v) is 6.26. The minimum atomic E-state index is -4.35. The molecule has 0 aliphatic carbocycles. The SMILES string of the molecule is O=C(O)CN1C(=O)c2ccc([N+](=O)[O-])cc2S1(=O)=O. The van der Waals surface area contributed by atoms with Gasteiger partial charge in [0.15, 0.2) is 0 Å². The van der Waals surface area contributed by atoms with Crippen molar-refractivity contribution >= 4 is 27.6 Å². The maximum absolute atomic E-state index is 11.9. The highest BCUT2D eigenvalue weighted by molar-refractivity contribution is 7.90. The minimum Gasteiger partial charge on any atom is -0.480 e. The van der Waals surface area contributed by atoms with Crippen molar-refractivity contribution in [2.24, 2.45) is 0 Å². The van der Waals surface area contributed by atoms with Gasteiger partial charge in [0.25, 0.3) is 21.6 Å². The smallest absolute Gasteiger partial charge is 0.324 e. The molecule has 0 atom stereocenters. The van der Waals surface area contributed by atoms with Crippen LogP contribution in [0.2, 0.25) is 0 Å². The molecule has 1 heterocycles. The van der Waals surface area contributed by atoms with Gasteiger partial charge in [-0.3, -0.25) is 19.7 Å². The lowest BCUT2D eigenvalue weighted by atomic mass is 10.2. The number of benzene rings is 1. The van der Waals surface area contributed by atoms with Crippen LogP contribution in [-0.2, 0) is 14.8 Å². The summed E-state index contributed by atoms with van der Waals surface area (Å²) in [4.78, 5) is 31.5. The lowest BCUT2D eigenvalue weighted by molar-refractivity contribution is -0.385. The third kappa shape index (κ3) is 1.91. The highest BCUT2D eigenvalue weighted by atomic mass is 32.2. The molecule has 0 bridgehead atoms. The minimum absolute atomic E-state index is 0.170. The van der Waals surface area contributed by atoms with E-state index in [1.54, 1.807) is 0 Å². The Hall–Kier alpha value is -2.49. The van der Waals surface area contributed by atoms with Gasteiger partial charge in [-0.15, -0.1) is 0 Å². The molecule has 0 unspecified atom stereocenters. The van der Waals surface area contributed by atoms with Crippen LogP contribution >= 0.6 is 0 Å². The molecule has 1 amide bonds. The number of non-ortho nitro benzene ring substituents is 1. The average Bonchev–Trinajstić information content (AvgIpc) is 2.50. The molecule has 0 aromatic heterocycles. The fraction of sp³-hybridized carbons (Fsp3) is 0.111. The van der Waals surface area contributed by atoms with Crippen molar-refractivity contribution in [3.8, 4) is 0 Å². The zero-order valence-electron chi connectivity index (χ0n) is 9.14. The molecule has 0 radical (unpaired) electrons. The number of amides is 1. The highest BCUT2D eigenvalue weighted by Gasteiger charge is 2.43. The number of carboxylic acids is 1. The number of hydrogen-bond donors (Lipinski definition) is 1. The predicted molar refractivity (Wildman–Crippen MR) is 59.0 cm³/mol. The first-order chi connectivity index (χ1) is 8.75. The normalized spacial score (nSPS) is 16.2. The van der Waals surface area contributed by atoms with Gasteiger partial charge in [-0.25, -0.2) is 12.7 Å². The number of carbonyl (C=O) groups is 2. The molecule has 1 N–H and O–H groups in total. The maximum Gasteiger partial charge on any atom is 0.324 e. The Labute approximate surface area is 106 Å². The van der Waals surface area contributed by atoms with E-state index in [-0.39, 0.29) is 9.87 Å². The van der Waals surface area contributed by atoms with Crippen LogP contribution < -0.4 is 0 Å². The van der Waals surface area contributed by atoms with Gasteiger partial charge in [-0.1, -0.05) is 0 Å². The number of fused-ring (bicyclic) bond motifs is 1. The molecule has 0 fully saturated rings. The summed E-state index contributed by atoms with van der Waals surface area (Å²) in [6.45, 7) is -1.02. The second-order valence-corrected chi connectivity index (χ2v) is 5.48. The van der Waals surface area contributed by atoms with Crippen molar-refractivity contribution in [2.75, 3.05) is 6.54 Å². The van der Waals surface area contributed by atoms with Gasteiger partial charge < -0.3 is 5.11 Å². The molecule has 1 aromatic rings. The van der Waals surface area contributed by atoms with Crippen LogP contribution in [0.25, 0.3) is 0 Å². The monoisotopic (exact) mass is 286 g/mol. The van der Waals surface area contributed by atoms with E-state index in [1.165, 1.54) is 0 Å². The molecule has 1 aliphatic heterocycles. The number of nitro groups is 1. The lowest BCUT2D eigenvalue weighted by Gasteiger charge is -2.11. The summed E-state index contributed by atoms with van der Waals surface area (Å²) in [6, 6.07) is 2.72. The number of carboxylic acid groups (broad SMARTS) is 1. The summed E-state index contributed by atoms with van der Waals surface area (Å²) in [5.74, 6) is -2.51. The summed E-state index contributed by atoms with van der Waals surface area (Å²) in [5, 5.41) is 19.1. The molecule has 0 saturated heterocycles. The van der Waals surface area contributed by atoms with Crippen molar-refractivity contribution in [1.29, 1.82) is 0 Å². The quantitative estimate of drug-likeness (QED) is 0.601. The van der Waals surface area contributed by atoms with E-state index < -0.39 is 44.0 Å². The second kappa shape index (κ2) is 4.02. The van der Waals surface area contributed by atoms with Crippen LogP contribution in [0, 0.1) is 10.1 Å². The van der Waals surface area contributed by atoms with E-state index in [9.17, 15) is 28.1 Å². The molecule has 19 heavy (non-hydrogen) atoms. The third-order valence-electron chi connectivity index (χ3n) is 2.48. The van der Waals surface area contributed by atoms with Gasteiger partial charge in [0.05, 0.1) is 10.5 Å². The predicted octanol–water partition coefficient (Wildman–Crippen LogP) is -0.176. The van der Waals surface area contributed by atoms with E-state index in [1.807, 2.05) is 0 Å². The van der Waals surface area contributed by atoms with E-state index in [2.05, 4.69) is 0 Å². The number of rotatable bonds is 3. The molecule has 10 heteroatoms. The van der Waals surface area contributed by atoms with Gasteiger partial charge in [0, 0.05) is 12.1 Å². The number of nitrogens with zero attached hydrogens (tertiary/aromatic N) is 2. The molecular weight excluding hydrogens is 280 g/mol. The zero-order valence-corrected chi connectivity index (χ0v) is 9.96. The van der Waals surface area contributed by atoms with Crippen molar-refractivity contribution in [2.45, 2.75) is 4.90 Å². The average molecular weight is 286 g/mol. The van der Waals surface area contributed by atoms with Crippen molar-refractivity contribution in [3.63, 3.8) is 0 Å². The highest BCUT2D eigenvalue weighted by Crippen LogP contribution is 2.32. The van der Waals surface area contributed by atoms with E-state index >= 15 is 0 Å². The fourth-order valence-corrected chi connectivity index (χ4v) is 3.19. The molecule has 100 valence electrons. The molecule has 1 aliphatic rings. The summed E-state index contributed by atoms with van der Waals surface area (Å²) in [6.07, 6.45) is 0. The maximum atomic E-state index is 11.9. The largest absolute Gasteiger partial charge is 0.480 e. The molecule has 2 rings (SSSR count). The van der Waals surface area contributed by atoms with E-state index in [0.717, 1.165) is 18.2 Å². The Morgan fingerprint density at radius 2 is 2.05 bits per heavy atom. The molecule has 1 aromatic carbocycles. The van der Waals surface area contributed by atoms with Crippen molar-refractivity contribution in [1.82, 2.24) is 4.31 Å². The Kier molecular flexibility index (Phi) is 2.74. The molecule has 0 spiro atoms. The first kappa shape index (κ1) is 13.0. The van der Waals surface area contributed by atoms with Gasteiger partial charge in [0.1, 0.15) is 11.4 Å². The number of nitro benzene ring substituents is 1. The Morgan fingerprint density at radius 3 is 2.58 bits per heavy atom. The molecule has 0 saturated carbocycles. The zero-order chi connectivity index (χ0) is 14.4. The van der Waals surface area contributed by atoms with Crippen LogP contribution in [0.4, 0.5) is 5.69 Å². The topological polar surface area (TPSA) is 135 Å².